The van der Waals surface area contributed by atoms with Crippen LogP contribution in [0.1, 0.15) is 22.8 Å². The molecule has 0 spiro atoms. The van der Waals surface area contributed by atoms with Crippen LogP contribution in [0.15, 0.2) is 47.4 Å². The molecule has 2 amide bonds. The van der Waals surface area contributed by atoms with Crippen LogP contribution in [0.3, 0.4) is 0 Å². The van der Waals surface area contributed by atoms with E-state index in [1.165, 1.54) is 18.2 Å². The van der Waals surface area contributed by atoms with Crippen molar-refractivity contribution in [2.45, 2.75) is 6.92 Å². The number of phenols is 1. The summed E-state index contributed by atoms with van der Waals surface area (Å²) in [5.41, 5.74) is 0.920. The lowest BCUT2D eigenvalue weighted by Gasteiger charge is -2.11. The number of benzene rings is 2. The van der Waals surface area contributed by atoms with Crippen LogP contribution in [0.25, 0.3) is 6.08 Å². The zero-order valence-electron chi connectivity index (χ0n) is 14.8. The van der Waals surface area contributed by atoms with Gasteiger partial charge in [0.25, 0.3) is 11.1 Å². The molecule has 28 heavy (non-hydrogen) atoms. The first-order chi connectivity index (χ1) is 13.4. The van der Waals surface area contributed by atoms with Gasteiger partial charge in [-0.05, 0) is 42.5 Å². The highest BCUT2D eigenvalue weighted by atomic mass is 35.5. The Hall–Kier alpha value is -2.77. The van der Waals surface area contributed by atoms with Crippen molar-refractivity contribution in [1.82, 2.24) is 4.90 Å². The van der Waals surface area contributed by atoms with Gasteiger partial charge in [0.15, 0.2) is 17.3 Å². The van der Waals surface area contributed by atoms with Crippen LogP contribution in [-0.4, -0.2) is 40.1 Å². The highest BCUT2D eigenvalue weighted by molar-refractivity contribution is 8.18. The number of hydrogen-bond donors (Lipinski definition) is 1. The van der Waals surface area contributed by atoms with Crippen molar-refractivity contribution in [2.24, 2.45) is 0 Å². The monoisotopic (exact) mass is 417 g/mol. The van der Waals surface area contributed by atoms with E-state index in [1.807, 2.05) is 0 Å². The average molecular weight is 418 g/mol. The topological polar surface area (TPSA) is 83.9 Å². The molecule has 8 heteroatoms. The molecule has 6 nitrogen and oxygen atoms in total. The van der Waals surface area contributed by atoms with E-state index < -0.39 is 11.1 Å². The minimum absolute atomic E-state index is 0.0654. The van der Waals surface area contributed by atoms with Gasteiger partial charge in [-0.25, -0.2) is 0 Å². The molecule has 0 aromatic heterocycles. The third-order valence-electron chi connectivity index (χ3n) is 3.92. The second-order valence-electron chi connectivity index (χ2n) is 5.84. The largest absolute Gasteiger partial charge is 0.503 e. The number of ketones is 1. The molecule has 0 atom stereocenters. The van der Waals surface area contributed by atoms with E-state index in [2.05, 4.69) is 0 Å². The second kappa shape index (κ2) is 8.50. The quantitative estimate of drug-likeness (QED) is 0.555. The Bertz CT molecular complexity index is 974. The molecule has 0 saturated carbocycles. The number of amides is 2. The maximum atomic E-state index is 12.6. The lowest BCUT2D eigenvalue weighted by atomic mass is 10.1. The van der Waals surface area contributed by atoms with E-state index in [-0.39, 0.29) is 33.8 Å². The van der Waals surface area contributed by atoms with Gasteiger partial charge in [-0.2, -0.15) is 0 Å². The molecule has 0 bridgehead atoms. The van der Waals surface area contributed by atoms with E-state index in [1.54, 1.807) is 37.3 Å². The molecular weight excluding hydrogens is 402 g/mol. The van der Waals surface area contributed by atoms with E-state index in [4.69, 9.17) is 16.3 Å². The van der Waals surface area contributed by atoms with Gasteiger partial charge in [0.2, 0.25) is 0 Å². The molecule has 1 aliphatic heterocycles. The zero-order valence-corrected chi connectivity index (χ0v) is 16.4. The van der Waals surface area contributed by atoms with Crippen molar-refractivity contribution >= 4 is 46.4 Å². The van der Waals surface area contributed by atoms with Gasteiger partial charge in [-0.3, -0.25) is 19.3 Å². The summed E-state index contributed by atoms with van der Waals surface area (Å²) in [6.07, 6.45) is 1.48. The number of imide groups is 1. The molecule has 2 aromatic carbocycles. The number of Topliss-reactive ketones (excluding diaryl/α,β-unsaturated/α-hetero) is 1. The Morgan fingerprint density at radius 3 is 2.64 bits per heavy atom. The van der Waals surface area contributed by atoms with Crippen LogP contribution < -0.4 is 4.74 Å². The summed E-state index contributed by atoms with van der Waals surface area (Å²) in [5, 5.41) is 9.46. The molecule has 0 aliphatic carbocycles. The fourth-order valence-electron chi connectivity index (χ4n) is 2.59. The van der Waals surface area contributed by atoms with Gasteiger partial charge < -0.3 is 9.84 Å². The van der Waals surface area contributed by atoms with E-state index in [0.29, 0.717) is 17.7 Å². The Kier molecular flexibility index (Phi) is 6.06. The Morgan fingerprint density at radius 1 is 1.25 bits per heavy atom. The SMILES string of the molecule is CCOc1cc(/C=C2\SC(=O)N(CC(=O)c3ccccc3)C2=O)cc(Cl)c1O. The Balaban J connectivity index is 1.82. The molecule has 1 heterocycles. The minimum atomic E-state index is -0.554. The van der Waals surface area contributed by atoms with Gasteiger partial charge in [0.1, 0.15) is 0 Å². The number of ether oxygens (including phenoxy) is 1. The van der Waals surface area contributed by atoms with Crippen LogP contribution in [0.5, 0.6) is 11.5 Å². The molecule has 2 aromatic rings. The second-order valence-corrected chi connectivity index (χ2v) is 7.24. The number of phenolic OH excluding ortho intramolecular Hbond substituents is 1. The van der Waals surface area contributed by atoms with Crippen LogP contribution in [0.2, 0.25) is 5.02 Å². The third-order valence-corrected chi connectivity index (χ3v) is 5.11. The third kappa shape index (κ3) is 4.21. The van der Waals surface area contributed by atoms with Crippen LogP contribution >= 0.6 is 23.4 Å². The number of carbonyl (C=O) groups is 3. The van der Waals surface area contributed by atoms with Crippen molar-refractivity contribution in [3.05, 3.63) is 63.5 Å². The Morgan fingerprint density at radius 2 is 1.96 bits per heavy atom. The number of carbonyl (C=O) groups excluding carboxylic acids is 3. The van der Waals surface area contributed by atoms with E-state index in [0.717, 1.165) is 16.7 Å². The fourth-order valence-corrected chi connectivity index (χ4v) is 3.65. The number of hydrogen-bond acceptors (Lipinski definition) is 6. The normalized spacial score (nSPS) is 15.4. The molecule has 1 N–H and O–H groups in total. The molecule has 0 unspecified atom stereocenters. The molecule has 1 saturated heterocycles. The van der Waals surface area contributed by atoms with Crippen molar-refractivity contribution in [3.63, 3.8) is 0 Å². The van der Waals surface area contributed by atoms with Crippen LogP contribution in [0.4, 0.5) is 4.79 Å². The number of aromatic hydroxyl groups is 1. The lowest BCUT2D eigenvalue weighted by molar-refractivity contribution is -0.122. The van der Waals surface area contributed by atoms with Crippen molar-refractivity contribution in [2.75, 3.05) is 13.2 Å². The first-order valence-corrected chi connectivity index (χ1v) is 9.59. The first kappa shape index (κ1) is 20.0. The molecule has 1 aliphatic rings. The highest BCUT2D eigenvalue weighted by Gasteiger charge is 2.36. The van der Waals surface area contributed by atoms with Gasteiger partial charge in [0, 0.05) is 5.56 Å². The number of rotatable bonds is 6. The van der Waals surface area contributed by atoms with Crippen molar-refractivity contribution in [3.8, 4) is 11.5 Å². The maximum absolute atomic E-state index is 12.6. The fraction of sp³-hybridized carbons (Fsp3) is 0.150. The summed E-state index contributed by atoms with van der Waals surface area (Å²) < 4.78 is 5.32. The van der Waals surface area contributed by atoms with E-state index >= 15 is 0 Å². The summed E-state index contributed by atoms with van der Waals surface area (Å²) in [5.74, 6) is -0.890. The summed E-state index contributed by atoms with van der Waals surface area (Å²) >= 11 is 6.74. The first-order valence-electron chi connectivity index (χ1n) is 8.39. The van der Waals surface area contributed by atoms with Gasteiger partial charge in [-0.15, -0.1) is 0 Å². The highest BCUT2D eigenvalue weighted by Crippen LogP contribution is 2.38. The summed E-state index contributed by atoms with van der Waals surface area (Å²) in [6.45, 7) is 1.76. The summed E-state index contributed by atoms with van der Waals surface area (Å²) in [4.78, 5) is 38.2. The summed E-state index contributed by atoms with van der Waals surface area (Å²) in [7, 11) is 0. The number of thioether (sulfide) groups is 1. The number of nitrogens with zero attached hydrogens (tertiary/aromatic N) is 1. The predicted octanol–water partition coefficient (Wildman–Crippen LogP) is 4.36. The molecular formula is C20H16ClNO5S. The predicted molar refractivity (Wildman–Crippen MR) is 108 cm³/mol. The van der Waals surface area contributed by atoms with Gasteiger partial charge >= 0.3 is 0 Å². The lowest BCUT2D eigenvalue weighted by Crippen LogP contribution is -2.33. The maximum Gasteiger partial charge on any atom is 0.293 e. The minimum Gasteiger partial charge on any atom is -0.503 e. The smallest absolute Gasteiger partial charge is 0.293 e. The molecule has 3 rings (SSSR count). The van der Waals surface area contributed by atoms with Crippen LogP contribution in [0, 0.1) is 0 Å². The Labute approximate surface area is 170 Å². The van der Waals surface area contributed by atoms with Crippen molar-refractivity contribution < 1.29 is 24.2 Å². The van der Waals surface area contributed by atoms with Crippen molar-refractivity contribution in [1.29, 1.82) is 0 Å². The standard InChI is InChI=1S/C20H16ClNO5S/c1-2-27-16-9-12(8-14(21)18(16)24)10-17-19(25)22(20(26)28-17)11-15(23)13-6-4-3-5-7-13/h3-10,24H,2,11H2,1H3/b17-10-. The van der Waals surface area contributed by atoms with E-state index in [9.17, 15) is 19.5 Å². The van der Waals surface area contributed by atoms with Gasteiger partial charge in [0.05, 0.1) is 23.1 Å². The van der Waals surface area contributed by atoms with Crippen LogP contribution in [-0.2, 0) is 4.79 Å². The van der Waals surface area contributed by atoms with Gasteiger partial charge in [-0.1, -0.05) is 41.9 Å². The molecule has 0 radical (unpaired) electrons. The molecule has 1 fully saturated rings. The zero-order chi connectivity index (χ0) is 20.3. The molecule has 144 valence electrons. The average Bonchev–Trinajstić information content (AvgIpc) is 2.94. The number of halogens is 1. The summed E-state index contributed by atoms with van der Waals surface area (Å²) in [6, 6.07) is 11.4.